The molecule has 1 aromatic carbocycles. The van der Waals surface area contributed by atoms with Gasteiger partial charge in [-0.15, -0.1) is 0 Å². The average molecular weight is 327 g/mol. The number of benzene rings is 1. The number of rotatable bonds is 7. The zero-order chi connectivity index (χ0) is 16.7. The van der Waals surface area contributed by atoms with Crippen LogP contribution >= 0.6 is 0 Å². The molecule has 1 N–H and O–H groups in total. The second kappa shape index (κ2) is 8.72. The Morgan fingerprint density at radius 1 is 1.17 bits per heavy atom. The number of alkyl halides is 3. The Morgan fingerprint density at radius 3 is 2.61 bits per heavy atom. The Bertz CT molecular complexity index is 444. The van der Waals surface area contributed by atoms with Crippen LogP contribution in [0.5, 0.6) is 0 Å². The molecule has 23 heavy (non-hydrogen) atoms. The predicted molar refractivity (Wildman–Crippen MR) is 88.3 cm³/mol. The summed E-state index contributed by atoms with van der Waals surface area (Å²) in [6.45, 7) is 3.02. The molecule has 0 radical (unpaired) electrons. The van der Waals surface area contributed by atoms with Gasteiger partial charge in [0.1, 0.15) is 0 Å². The van der Waals surface area contributed by atoms with Crippen LogP contribution in [0.1, 0.15) is 51.0 Å². The molecule has 0 spiro atoms. The van der Waals surface area contributed by atoms with E-state index in [9.17, 15) is 13.2 Å². The summed E-state index contributed by atoms with van der Waals surface area (Å²) in [5, 5.41) is 3.47. The summed E-state index contributed by atoms with van der Waals surface area (Å²) >= 11 is 0. The van der Waals surface area contributed by atoms with Crippen LogP contribution in [0.15, 0.2) is 30.3 Å². The van der Waals surface area contributed by atoms with Gasteiger partial charge in [-0.2, -0.15) is 13.2 Å². The van der Waals surface area contributed by atoms with Gasteiger partial charge in [-0.3, -0.25) is 0 Å². The first-order chi connectivity index (χ1) is 10.9. The number of halogens is 3. The van der Waals surface area contributed by atoms with E-state index in [1.165, 1.54) is 5.56 Å². The van der Waals surface area contributed by atoms with Gasteiger partial charge in [0, 0.05) is 6.04 Å². The van der Waals surface area contributed by atoms with E-state index in [4.69, 9.17) is 0 Å². The van der Waals surface area contributed by atoms with Crippen LogP contribution in [0.25, 0.3) is 0 Å². The van der Waals surface area contributed by atoms with E-state index in [-0.39, 0.29) is 5.92 Å². The summed E-state index contributed by atoms with van der Waals surface area (Å²) in [4.78, 5) is 0. The second-order valence-electron chi connectivity index (χ2n) is 6.95. The summed E-state index contributed by atoms with van der Waals surface area (Å²) in [7, 11) is 0. The zero-order valence-corrected chi connectivity index (χ0v) is 13.9. The lowest BCUT2D eigenvalue weighted by molar-refractivity contribution is -0.186. The van der Waals surface area contributed by atoms with E-state index in [0.717, 1.165) is 38.6 Å². The zero-order valence-electron chi connectivity index (χ0n) is 13.9. The molecule has 0 saturated heterocycles. The third kappa shape index (κ3) is 6.54. The van der Waals surface area contributed by atoms with Crippen molar-refractivity contribution in [3.05, 3.63) is 35.9 Å². The van der Waals surface area contributed by atoms with E-state index in [1.54, 1.807) is 0 Å². The lowest BCUT2D eigenvalue weighted by atomic mass is 9.78. The molecular weight excluding hydrogens is 299 g/mol. The molecule has 1 saturated carbocycles. The first kappa shape index (κ1) is 18.3. The van der Waals surface area contributed by atoms with Crippen LogP contribution < -0.4 is 5.32 Å². The van der Waals surface area contributed by atoms with Crippen molar-refractivity contribution in [2.75, 3.05) is 6.54 Å². The monoisotopic (exact) mass is 327 g/mol. The number of hydrogen-bond acceptors (Lipinski definition) is 1. The number of aryl methyl sites for hydroxylation is 1. The summed E-state index contributed by atoms with van der Waals surface area (Å²) in [5.74, 6) is -0.862. The summed E-state index contributed by atoms with van der Waals surface area (Å²) in [6.07, 6.45) is 1.25. The van der Waals surface area contributed by atoms with Crippen molar-refractivity contribution >= 4 is 0 Å². The summed E-state index contributed by atoms with van der Waals surface area (Å²) in [5.41, 5.74) is 1.34. The number of nitrogens with one attached hydrogen (secondary N) is 1. The van der Waals surface area contributed by atoms with E-state index in [0.29, 0.717) is 18.9 Å². The van der Waals surface area contributed by atoms with Gasteiger partial charge >= 0.3 is 6.18 Å². The third-order valence-electron chi connectivity index (χ3n) is 4.91. The molecule has 1 nitrogen and oxygen atoms in total. The Balaban J connectivity index is 1.63. The van der Waals surface area contributed by atoms with Crippen molar-refractivity contribution < 1.29 is 13.2 Å². The number of hydrogen-bond donors (Lipinski definition) is 1. The molecule has 0 aliphatic heterocycles. The molecule has 0 bridgehead atoms. The minimum atomic E-state index is -4.01. The van der Waals surface area contributed by atoms with Crippen LogP contribution in [-0.2, 0) is 6.42 Å². The molecular formula is C19H28F3N. The Labute approximate surface area is 137 Å². The predicted octanol–water partition coefficient (Wildman–Crippen LogP) is 5.36. The standard InChI is InChI=1S/C19H28F3N/c1-15(23-12-6-10-16-7-3-2-4-8-16)13-17-9-5-11-18(14-17)19(20,21)22/h2-4,7-8,15,17-18,23H,5-6,9-14H2,1H3. The average Bonchev–Trinajstić information content (AvgIpc) is 2.52. The van der Waals surface area contributed by atoms with Crippen molar-refractivity contribution in [2.24, 2.45) is 11.8 Å². The van der Waals surface area contributed by atoms with Gasteiger partial charge in [0.25, 0.3) is 0 Å². The van der Waals surface area contributed by atoms with E-state index >= 15 is 0 Å². The molecule has 1 aliphatic rings. The maximum atomic E-state index is 12.8. The molecule has 3 atom stereocenters. The summed E-state index contributed by atoms with van der Waals surface area (Å²) < 4.78 is 38.5. The van der Waals surface area contributed by atoms with Gasteiger partial charge in [-0.25, -0.2) is 0 Å². The first-order valence-electron chi connectivity index (χ1n) is 8.79. The van der Waals surface area contributed by atoms with Gasteiger partial charge < -0.3 is 5.32 Å². The highest BCUT2D eigenvalue weighted by Crippen LogP contribution is 2.41. The second-order valence-corrected chi connectivity index (χ2v) is 6.95. The molecule has 3 unspecified atom stereocenters. The van der Waals surface area contributed by atoms with Crippen molar-refractivity contribution in [1.29, 1.82) is 0 Å². The fourth-order valence-corrected chi connectivity index (χ4v) is 3.67. The van der Waals surface area contributed by atoms with Crippen molar-refractivity contribution in [3.8, 4) is 0 Å². The highest BCUT2D eigenvalue weighted by molar-refractivity contribution is 5.14. The van der Waals surface area contributed by atoms with Crippen molar-refractivity contribution in [2.45, 2.75) is 64.1 Å². The van der Waals surface area contributed by atoms with Gasteiger partial charge in [-0.05, 0) is 57.1 Å². The van der Waals surface area contributed by atoms with Gasteiger partial charge in [0.05, 0.1) is 5.92 Å². The Kier molecular flexibility index (Phi) is 6.94. The topological polar surface area (TPSA) is 12.0 Å². The van der Waals surface area contributed by atoms with Crippen molar-refractivity contribution in [3.63, 3.8) is 0 Å². The summed E-state index contributed by atoms with van der Waals surface area (Å²) in [6, 6.07) is 10.7. The van der Waals surface area contributed by atoms with Crippen LogP contribution in [-0.4, -0.2) is 18.8 Å². The maximum Gasteiger partial charge on any atom is 0.391 e. The maximum absolute atomic E-state index is 12.8. The van der Waals surface area contributed by atoms with Crippen molar-refractivity contribution in [1.82, 2.24) is 5.32 Å². The van der Waals surface area contributed by atoms with E-state index < -0.39 is 12.1 Å². The molecule has 4 heteroatoms. The lowest BCUT2D eigenvalue weighted by Crippen LogP contribution is -2.33. The Hall–Kier alpha value is -1.03. The molecule has 130 valence electrons. The lowest BCUT2D eigenvalue weighted by Gasteiger charge is -2.32. The fourth-order valence-electron chi connectivity index (χ4n) is 3.67. The van der Waals surface area contributed by atoms with Crippen LogP contribution in [0.3, 0.4) is 0 Å². The fraction of sp³-hybridized carbons (Fsp3) is 0.684. The molecule has 0 heterocycles. The van der Waals surface area contributed by atoms with Crippen LogP contribution in [0.4, 0.5) is 13.2 Å². The minimum absolute atomic E-state index is 0.215. The molecule has 1 fully saturated rings. The first-order valence-corrected chi connectivity index (χ1v) is 8.79. The van der Waals surface area contributed by atoms with Crippen LogP contribution in [0, 0.1) is 11.8 Å². The minimum Gasteiger partial charge on any atom is -0.314 e. The van der Waals surface area contributed by atoms with Crippen LogP contribution in [0.2, 0.25) is 0 Å². The molecule has 0 aromatic heterocycles. The largest absolute Gasteiger partial charge is 0.391 e. The van der Waals surface area contributed by atoms with E-state index in [2.05, 4.69) is 24.4 Å². The normalized spacial score (nSPS) is 23.7. The Morgan fingerprint density at radius 2 is 1.91 bits per heavy atom. The molecule has 2 rings (SSSR count). The van der Waals surface area contributed by atoms with Gasteiger partial charge in [0.15, 0.2) is 0 Å². The van der Waals surface area contributed by atoms with E-state index in [1.807, 2.05) is 18.2 Å². The quantitative estimate of drug-likeness (QED) is 0.665. The molecule has 1 aromatic rings. The third-order valence-corrected chi connectivity index (χ3v) is 4.91. The SMILES string of the molecule is CC(CC1CCCC(C(F)(F)F)C1)NCCCc1ccccc1. The molecule has 0 amide bonds. The molecule has 1 aliphatic carbocycles. The highest BCUT2D eigenvalue weighted by atomic mass is 19.4. The van der Waals surface area contributed by atoms with Gasteiger partial charge in [0.2, 0.25) is 0 Å². The smallest absolute Gasteiger partial charge is 0.314 e. The van der Waals surface area contributed by atoms with Gasteiger partial charge in [-0.1, -0.05) is 43.2 Å². The highest BCUT2D eigenvalue weighted by Gasteiger charge is 2.42.